The average molecular weight is 778 g/mol. The van der Waals surface area contributed by atoms with Gasteiger partial charge in [0.25, 0.3) is 0 Å². The molecule has 0 saturated heterocycles. The molecule has 286 valence electrons. The Morgan fingerprint density at radius 2 is 0.639 bits per heavy atom. The molecule has 3 heteroatoms. The first-order chi connectivity index (χ1) is 30.2. The first-order valence-corrected chi connectivity index (χ1v) is 20.9. The Morgan fingerprint density at radius 3 is 1.21 bits per heavy atom. The van der Waals surface area contributed by atoms with Gasteiger partial charge in [0.1, 0.15) is 0 Å². The molecule has 12 aromatic rings. The van der Waals surface area contributed by atoms with Gasteiger partial charge in [0.2, 0.25) is 0 Å². The Kier molecular flexibility index (Phi) is 8.17. The number of hydrogen-bond donors (Lipinski definition) is 0. The minimum absolute atomic E-state index is 1.09. The largest absolute Gasteiger partial charge is 0.311 e. The molecule has 12 rings (SSSR count). The van der Waals surface area contributed by atoms with Crippen LogP contribution in [0, 0.1) is 0 Å². The van der Waals surface area contributed by atoms with Crippen LogP contribution in [0.1, 0.15) is 0 Å². The molecule has 0 aliphatic heterocycles. The van der Waals surface area contributed by atoms with Crippen molar-refractivity contribution in [1.29, 1.82) is 0 Å². The molecule has 0 aliphatic rings. The van der Waals surface area contributed by atoms with Gasteiger partial charge in [-0.2, -0.15) is 0 Å². The van der Waals surface area contributed by atoms with Crippen LogP contribution in [0.3, 0.4) is 0 Å². The first-order valence-electron chi connectivity index (χ1n) is 20.9. The molecular formula is C58H39N3. The van der Waals surface area contributed by atoms with Crippen LogP contribution in [0.4, 0.5) is 17.1 Å². The summed E-state index contributed by atoms with van der Waals surface area (Å²) >= 11 is 0. The molecule has 61 heavy (non-hydrogen) atoms. The van der Waals surface area contributed by atoms with E-state index in [9.17, 15) is 0 Å². The van der Waals surface area contributed by atoms with E-state index >= 15 is 0 Å². The van der Waals surface area contributed by atoms with Gasteiger partial charge in [-0.05, 0) is 130 Å². The summed E-state index contributed by atoms with van der Waals surface area (Å²) < 4.78 is 4.74. The van der Waals surface area contributed by atoms with E-state index in [1.807, 2.05) is 0 Å². The van der Waals surface area contributed by atoms with Gasteiger partial charge in [0.15, 0.2) is 0 Å². The quantitative estimate of drug-likeness (QED) is 0.157. The molecule has 10 aromatic carbocycles. The third kappa shape index (κ3) is 5.90. The maximum Gasteiger partial charge on any atom is 0.0541 e. The van der Waals surface area contributed by atoms with Gasteiger partial charge in [0.05, 0.1) is 22.1 Å². The standard InChI is InChI=1S/C58H39N3/c1-2-14-46(15-3-1)60-57-21-11-8-18-53(57)54-39-45(28-37-58(54)60)42-26-31-48(32-27-42)59(47-29-24-41(25-30-47)44-23-22-40-12-4-5-13-43(40)38-44)49-33-35-50(36-34-49)61-55-19-9-6-16-51(55)52-17-7-10-20-56(52)61/h1-39H. The molecule has 0 atom stereocenters. The molecule has 0 radical (unpaired) electrons. The van der Waals surface area contributed by atoms with Crippen molar-refractivity contribution in [2.24, 2.45) is 0 Å². The maximum absolute atomic E-state index is 2.38. The zero-order chi connectivity index (χ0) is 40.3. The summed E-state index contributed by atoms with van der Waals surface area (Å²) in [7, 11) is 0. The predicted octanol–water partition coefficient (Wildman–Crippen LogP) is 15.8. The van der Waals surface area contributed by atoms with E-state index in [2.05, 4.69) is 251 Å². The third-order valence-corrected chi connectivity index (χ3v) is 12.3. The van der Waals surface area contributed by atoms with Crippen LogP contribution >= 0.6 is 0 Å². The lowest BCUT2D eigenvalue weighted by Crippen LogP contribution is -2.10. The average Bonchev–Trinajstić information content (AvgIpc) is 3.85. The van der Waals surface area contributed by atoms with Crippen molar-refractivity contribution in [2.45, 2.75) is 0 Å². The topological polar surface area (TPSA) is 13.1 Å². The van der Waals surface area contributed by atoms with Crippen molar-refractivity contribution in [3.63, 3.8) is 0 Å². The van der Waals surface area contributed by atoms with Crippen LogP contribution < -0.4 is 4.90 Å². The highest BCUT2D eigenvalue weighted by molar-refractivity contribution is 6.11. The van der Waals surface area contributed by atoms with Crippen LogP contribution in [-0.4, -0.2) is 9.13 Å². The van der Waals surface area contributed by atoms with Crippen molar-refractivity contribution < 1.29 is 0 Å². The number of hydrogen-bond acceptors (Lipinski definition) is 1. The summed E-state index contributed by atoms with van der Waals surface area (Å²) in [5, 5.41) is 7.52. The lowest BCUT2D eigenvalue weighted by Gasteiger charge is -2.26. The number of fused-ring (bicyclic) bond motifs is 7. The zero-order valence-electron chi connectivity index (χ0n) is 33.4. The summed E-state index contributed by atoms with van der Waals surface area (Å²) in [6.45, 7) is 0. The van der Waals surface area contributed by atoms with E-state index in [1.54, 1.807) is 0 Å². The van der Waals surface area contributed by atoms with E-state index in [0.717, 1.165) is 22.7 Å². The minimum atomic E-state index is 1.09. The molecule has 2 aromatic heterocycles. The number of para-hydroxylation sites is 4. The van der Waals surface area contributed by atoms with E-state index in [1.165, 1.54) is 82.3 Å². The van der Waals surface area contributed by atoms with E-state index in [4.69, 9.17) is 0 Å². The van der Waals surface area contributed by atoms with Gasteiger partial charge in [-0.25, -0.2) is 0 Å². The maximum atomic E-state index is 2.38. The van der Waals surface area contributed by atoms with Crippen molar-refractivity contribution in [1.82, 2.24) is 9.13 Å². The van der Waals surface area contributed by atoms with Gasteiger partial charge in [-0.3, -0.25) is 0 Å². The molecule has 0 saturated carbocycles. The van der Waals surface area contributed by atoms with Crippen molar-refractivity contribution in [2.75, 3.05) is 4.90 Å². The molecule has 0 spiro atoms. The fraction of sp³-hybridized carbons (Fsp3) is 0. The lowest BCUT2D eigenvalue weighted by atomic mass is 10.0. The number of rotatable bonds is 7. The normalized spacial score (nSPS) is 11.6. The molecule has 0 bridgehead atoms. The molecule has 0 aliphatic carbocycles. The molecule has 0 amide bonds. The number of anilines is 3. The van der Waals surface area contributed by atoms with E-state index < -0.39 is 0 Å². The van der Waals surface area contributed by atoms with Crippen LogP contribution in [-0.2, 0) is 0 Å². The second kappa shape index (κ2) is 14.3. The third-order valence-electron chi connectivity index (χ3n) is 12.3. The highest BCUT2D eigenvalue weighted by Crippen LogP contribution is 2.40. The van der Waals surface area contributed by atoms with Crippen LogP contribution in [0.2, 0.25) is 0 Å². The number of benzene rings is 10. The number of aromatic nitrogens is 2. The SMILES string of the molecule is c1ccc(-n2c3ccccc3c3cc(-c4ccc(N(c5ccc(-c6ccc7ccccc7c6)cc5)c5ccc(-n6c7ccccc7c7ccccc76)cc5)cc4)ccc32)cc1. The van der Waals surface area contributed by atoms with Crippen LogP contribution in [0.15, 0.2) is 237 Å². The van der Waals surface area contributed by atoms with E-state index in [0.29, 0.717) is 0 Å². The summed E-state index contributed by atoms with van der Waals surface area (Å²) in [6.07, 6.45) is 0. The van der Waals surface area contributed by atoms with Gasteiger partial charge in [0, 0.05) is 50.0 Å². The highest BCUT2D eigenvalue weighted by atomic mass is 15.1. The summed E-state index contributed by atoms with van der Waals surface area (Å²) in [4.78, 5) is 2.36. The van der Waals surface area contributed by atoms with E-state index in [-0.39, 0.29) is 0 Å². The second-order valence-corrected chi connectivity index (χ2v) is 15.8. The van der Waals surface area contributed by atoms with Crippen molar-refractivity contribution >= 4 is 71.4 Å². The molecule has 0 unspecified atom stereocenters. The van der Waals surface area contributed by atoms with Gasteiger partial charge in [-0.15, -0.1) is 0 Å². The number of nitrogens with zero attached hydrogens (tertiary/aromatic N) is 3. The van der Waals surface area contributed by atoms with Crippen molar-refractivity contribution in [3.05, 3.63) is 237 Å². The fourth-order valence-electron chi connectivity index (χ4n) is 9.38. The highest BCUT2D eigenvalue weighted by Gasteiger charge is 2.17. The molecule has 0 N–H and O–H groups in total. The molecule has 0 fully saturated rings. The predicted molar refractivity (Wildman–Crippen MR) is 258 cm³/mol. The van der Waals surface area contributed by atoms with Gasteiger partial charge < -0.3 is 14.0 Å². The van der Waals surface area contributed by atoms with Gasteiger partial charge in [-0.1, -0.05) is 140 Å². The summed E-state index contributed by atoms with van der Waals surface area (Å²) in [6, 6.07) is 85.9. The fourth-order valence-corrected chi connectivity index (χ4v) is 9.38. The summed E-state index contributed by atoms with van der Waals surface area (Å²) in [5.41, 5.74) is 15.2. The van der Waals surface area contributed by atoms with Crippen LogP contribution in [0.5, 0.6) is 0 Å². The Hall–Kier alpha value is -8.14. The monoisotopic (exact) mass is 777 g/mol. The Bertz CT molecular complexity index is 3500. The molecular weight excluding hydrogens is 739 g/mol. The minimum Gasteiger partial charge on any atom is -0.311 e. The Labute approximate surface area is 354 Å². The smallest absolute Gasteiger partial charge is 0.0541 e. The Morgan fingerprint density at radius 1 is 0.246 bits per heavy atom. The van der Waals surface area contributed by atoms with Gasteiger partial charge >= 0.3 is 0 Å². The molecule has 3 nitrogen and oxygen atoms in total. The van der Waals surface area contributed by atoms with Crippen LogP contribution in [0.25, 0.3) is 88.0 Å². The Balaban J connectivity index is 0.944. The second-order valence-electron chi connectivity index (χ2n) is 15.8. The lowest BCUT2D eigenvalue weighted by molar-refractivity contribution is 1.17. The first kappa shape index (κ1) is 34.9. The molecule has 2 heterocycles. The van der Waals surface area contributed by atoms with Crippen molar-refractivity contribution in [3.8, 4) is 33.6 Å². The zero-order valence-corrected chi connectivity index (χ0v) is 33.4. The summed E-state index contributed by atoms with van der Waals surface area (Å²) in [5.74, 6) is 0.